The monoisotopic (exact) mass is 361 g/mol. The highest BCUT2D eigenvalue weighted by Crippen LogP contribution is 2.35. The van der Waals surface area contributed by atoms with Crippen molar-refractivity contribution in [2.24, 2.45) is 0 Å². The fourth-order valence-corrected chi connectivity index (χ4v) is 2.99. The summed E-state index contributed by atoms with van der Waals surface area (Å²) in [6.07, 6.45) is 1.51. The van der Waals surface area contributed by atoms with Gasteiger partial charge >= 0.3 is 0 Å². The number of furan rings is 1. The summed E-state index contributed by atoms with van der Waals surface area (Å²) in [5, 5.41) is 11.2. The Bertz CT molecular complexity index is 1120. The molecule has 0 atom stereocenters. The first kappa shape index (κ1) is 16.8. The molecule has 2 heterocycles. The van der Waals surface area contributed by atoms with Gasteiger partial charge in [-0.05, 0) is 55.3 Å². The maximum absolute atomic E-state index is 12.6. The normalized spacial score (nSPS) is 14.3. The van der Waals surface area contributed by atoms with Crippen molar-refractivity contribution in [1.29, 1.82) is 0 Å². The van der Waals surface area contributed by atoms with E-state index in [-0.39, 0.29) is 17.2 Å². The number of ketones is 1. The van der Waals surface area contributed by atoms with Crippen LogP contribution in [0, 0.1) is 24.0 Å². The zero-order chi connectivity index (χ0) is 19.1. The zero-order valence-electron chi connectivity index (χ0n) is 14.7. The number of hydrogen-bond donors (Lipinski definition) is 0. The largest absolute Gasteiger partial charge is 0.456 e. The Morgan fingerprint density at radius 3 is 2.52 bits per heavy atom. The van der Waals surface area contributed by atoms with Crippen LogP contribution in [0.3, 0.4) is 0 Å². The summed E-state index contributed by atoms with van der Waals surface area (Å²) in [5.41, 5.74) is 2.91. The molecule has 0 aliphatic carbocycles. The van der Waals surface area contributed by atoms with Crippen molar-refractivity contribution < 1.29 is 18.9 Å². The summed E-state index contributed by atoms with van der Waals surface area (Å²) in [7, 11) is 0. The molecule has 0 N–H and O–H groups in total. The van der Waals surface area contributed by atoms with Crippen molar-refractivity contribution in [2.75, 3.05) is 0 Å². The maximum Gasteiger partial charge on any atom is 0.280 e. The molecule has 1 aliphatic heterocycles. The third-order valence-electron chi connectivity index (χ3n) is 4.55. The summed E-state index contributed by atoms with van der Waals surface area (Å²) >= 11 is 0. The van der Waals surface area contributed by atoms with E-state index in [1.807, 2.05) is 26.0 Å². The quantitative estimate of drug-likeness (QED) is 0.369. The van der Waals surface area contributed by atoms with Crippen LogP contribution in [0.1, 0.15) is 27.2 Å². The molecule has 134 valence electrons. The van der Waals surface area contributed by atoms with Gasteiger partial charge in [0.2, 0.25) is 5.78 Å². The van der Waals surface area contributed by atoms with Crippen LogP contribution in [0.5, 0.6) is 5.75 Å². The van der Waals surface area contributed by atoms with E-state index in [0.717, 1.165) is 11.1 Å². The predicted octanol–water partition coefficient (Wildman–Crippen LogP) is 5.09. The number of nitro benzene ring substituents is 1. The second-order valence-electron chi connectivity index (χ2n) is 6.35. The Hall–Kier alpha value is -3.67. The molecule has 0 amide bonds. The van der Waals surface area contributed by atoms with Gasteiger partial charge in [0.25, 0.3) is 5.69 Å². The third-order valence-corrected chi connectivity index (χ3v) is 4.55. The summed E-state index contributed by atoms with van der Waals surface area (Å²) in [6.45, 7) is 3.90. The van der Waals surface area contributed by atoms with E-state index in [4.69, 9.17) is 9.15 Å². The molecule has 1 aliphatic rings. The van der Waals surface area contributed by atoms with Crippen LogP contribution in [0.15, 0.2) is 58.7 Å². The molecule has 0 spiro atoms. The SMILES string of the molecule is Cc1cc2c(cc1C)C(=O)C(=Cc1ccc(-c3ccccc3[N+](=O)[O-])o1)O2. The number of carbonyl (C=O) groups is 1. The molecular weight excluding hydrogens is 346 g/mol. The molecule has 0 unspecified atom stereocenters. The molecule has 0 radical (unpaired) electrons. The van der Waals surface area contributed by atoms with Gasteiger partial charge in [0.1, 0.15) is 17.3 Å². The number of Topliss-reactive ketones (excluding diaryl/α,β-unsaturated/α-hetero) is 1. The van der Waals surface area contributed by atoms with Crippen molar-refractivity contribution in [2.45, 2.75) is 13.8 Å². The molecule has 1 aromatic heterocycles. The first-order valence-corrected chi connectivity index (χ1v) is 8.33. The van der Waals surface area contributed by atoms with E-state index in [0.29, 0.717) is 28.4 Å². The summed E-state index contributed by atoms with van der Waals surface area (Å²) in [6, 6.07) is 13.3. The van der Waals surface area contributed by atoms with E-state index >= 15 is 0 Å². The number of para-hydroxylation sites is 1. The molecule has 3 aromatic rings. The standard InChI is InChI=1S/C21H15NO5/c1-12-9-16-19(10-13(12)2)27-20(21(16)23)11-14-7-8-18(26-14)15-5-3-4-6-17(15)22(24)25/h3-11H,1-2H3. The molecule has 0 saturated carbocycles. The van der Waals surface area contributed by atoms with Crippen molar-refractivity contribution in [3.63, 3.8) is 0 Å². The smallest absolute Gasteiger partial charge is 0.280 e. The molecule has 2 aromatic carbocycles. The number of ether oxygens (including phenoxy) is 1. The van der Waals surface area contributed by atoms with Gasteiger partial charge in [0.15, 0.2) is 5.76 Å². The fourth-order valence-electron chi connectivity index (χ4n) is 2.99. The summed E-state index contributed by atoms with van der Waals surface area (Å²) in [4.78, 5) is 23.3. The lowest BCUT2D eigenvalue weighted by Crippen LogP contribution is -1.98. The highest BCUT2D eigenvalue weighted by atomic mass is 16.6. The highest BCUT2D eigenvalue weighted by Gasteiger charge is 2.28. The predicted molar refractivity (Wildman–Crippen MR) is 99.6 cm³/mol. The molecule has 6 heteroatoms. The van der Waals surface area contributed by atoms with Crippen LogP contribution in [0.25, 0.3) is 17.4 Å². The van der Waals surface area contributed by atoms with Gasteiger partial charge in [0, 0.05) is 12.1 Å². The highest BCUT2D eigenvalue weighted by molar-refractivity contribution is 6.14. The average Bonchev–Trinajstić information content (AvgIpc) is 3.22. The first-order valence-electron chi connectivity index (χ1n) is 8.33. The maximum atomic E-state index is 12.6. The Balaban J connectivity index is 1.68. The molecule has 0 fully saturated rings. The van der Waals surface area contributed by atoms with Gasteiger partial charge in [-0.1, -0.05) is 12.1 Å². The topological polar surface area (TPSA) is 82.6 Å². The lowest BCUT2D eigenvalue weighted by Gasteiger charge is -2.02. The summed E-state index contributed by atoms with van der Waals surface area (Å²) < 4.78 is 11.4. The number of allylic oxidation sites excluding steroid dienone is 1. The minimum absolute atomic E-state index is 0.0439. The summed E-state index contributed by atoms with van der Waals surface area (Å²) in [5.74, 6) is 1.21. The minimum atomic E-state index is -0.457. The zero-order valence-corrected chi connectivity index (χ0v) is 14.7. The number of fused-ring (bicyclic) bond motifs is 1. The second kappa shape index (κ2) is 6.25. The van der Waals surface area contributed by atoms with Gasteiger partial charge in [-0.2, -0.15) is 0 Å². The fraction of sp³-hybridized carbons (Fsp3) is 0.0952. The van der Waals surface area contributed by atoms with Crippen molar-refractivity contribution in [1.82, 2.24) is 0 Å². The number of benzene rings is 2. The molecule has 6 nitrogen and oxygen atoms in total. The molecule has 4 rings (SSSR count). The van der Waals surface area contributed by atoms with Crippen LogP contribution in [-0.4, -0.2) is 10.7 Å². The Kier molecular flexibility index (Phi) is 3.88. The van der Waals surface area contributed by atoms with Crippen LogP contribution < -0.4 is 4.74 Å². The Morgan fingerprint density at radius 2 is 1.74 bits per heavy atom. The number of rotatable bonds is 3. The minimum Gasteiger partial charge on any atom is -0.456 e. The van der Waals surface area contributed by atoms with E-state index in [1.54, 1.807) is 30.3 Å². The lowest BCUT2D eigenvalue weighted by molar-refractivity contribution is -0.384. The van der Waals surface area contributed by atoms with Crippen molar-refractivity contribution in [3.8, 4) is 17.1 Å². The number of nitro groups is 1. The van der Waals surface area contributed by atoms with Gasteiger partial charge < -0.3 is 9.15 Å². The van der Waals surface area contributed by atoms with E-state index < -0.39 is 4.92 Å². The first-order chi connectivity index (χ1) is 12.9. The van der Waals surface area contributed by atoms with Gasteiger partial charge in [-0.15, -0.1) is 0 Å². The molecule has 27 heavy (non-hydrogen) atoms. The second-order valence-corrected chi connectivity index (χ2v) is 6.35. The third kappa shape index (κ3) is 2.91. The van der Waals surface area contributed by atoms with E-state index in [1.165, 1.54) is 12.1 Å². The van der Waals surface area contributed by atoms with Crippen LogP contribution in [-0.2, 0) is 0 Å². The van der Waals surface area contributed by atoms with Crippen molar-refractivity contribution in [3.05, 3.63) is 86.9 Å². The van der Waals surface area contributed by atoms with Crippen LogP contribution >= 0.6 is 0 Å². The van der Waals surface area contributed by atoms with Crippen LogP contribution in [0.4, 0.5) is 5.69 Å². The molecule has 0 saturated heterocycles. The molecular formula is C21H15NO5. The van der Waals surface area contributed by atoms with E-state index in [2.05, 4.69) is 0 Å². The van der Waals surface area contributed by atoms with Gasteiger partial charge in [-0.3, -0.25) is 14.9 Å². The van der Waals surface area contributed by atoms with Gasteiger partial charge in [-0.25, -0.2) is 0 Å². The Labute approximate surface area is 154 Å². The number of nitrogens with zero attached hydrogens (tertiary/aromatic N) is 1. The number of carbonyl (C=O) groups excluding carboxylic acids is 1. The number of aryl methyl sites for hydroxylation is 2. The Morgan fingerprint density at radius 1 is 1.00 bits per heavy atom. The number of hydrogen-bond acceptors (Lipinski definition) is 5. The lowest BCUT2D eigenvalue weighted by atomic mass is 10.0. The van der Waals surface area contributed by atoms with E-state index in [9.17, 15) is 14.9 Å². The molecule has 0 bridgehead atoms. The van der Waals surface area contributed by atoms with Crippen LogP contribution in [0.2, 0.25) is 0 Å². The average molecular weight is 361 g/mol. The van der Waals surface area contributed by atoms with Crippen molar-refractivity contribution >= 4 is 17.5 Å². The van der Waals surface area contributed by atoms with Gasteiger partial charge in [0.05, 0.1) is 16.1 Å².